The molecule has 0 bridgehead atoms. The first-order valence-corrected chi connectivity index (χ1v) is 12.1. The smallest absolute Gasteiger partial charge is 0.410 e. The third-order valence-electron chi connectivity index (χ3n) is 5.29. The van der Waals surface area contributed by atoms with Crippen LogP contribution >= 0.6 is 11.8 Å². The molecule has 1 saturated heterocycles. The number of pyridine rings is 1. The summed E-state index contributed by atoms with van der Waals surface area (Å²) < 4.78 is 10.7. The molecule has 1 fully saturated rings. The van der Waals surface area contributed by atoms with Crippen molar-refractivity contribution in [2.24, 2.45) is 0 Å². The molecule has 9 heteroatoms. The molecule has 3 aromatic rings. The first kappa shape index (κ1) is 23.4. The van der Waals surface area contributed by atoms with Gasteiger partial charge < -0.3 is 24.3 Å². The topological polar surface area (TPSA) is 83.6 Å². The SMILES string of the molecule is COCc1ccnc(CSc2nc3ccc(N4CCN(C(=O)OC(C)(C)C)CC4)cc3[nH]2)c1. The number of nitrogens with zero attached hydrogens (tertiary/aromatic N) is 4. The fourth-order valence-electron chi connectivity index (χ4n) is 3.72. The molecule has 0 atom stereocenters. The van der Waals surface area contributed by atoms with E-state index in [4.69, 9.17) is 14.5 Å². The van der Waals surface area contributed by atoms with Gasteiger partial charge >= 0.3 is 6.09 Å². The first-order chi connectivity index (χ1) is 15.8. The highest BCUT2D eigenvalue weighted by Gasteiger charge is 2.26. The van der Waals surface area contributed by atoms with E-state index >= 15 is 0 Å². The van der Waals surface area contributed by atoms with Crippen molar-refractivity contribution in [2.45, 2.75) is 43.9 Å². The number of aromatic amines is 1. The van der Waals surface area contributed by atoms with Gasteiger partial charge in [0.15, 0.2) is 5.16 Å². The Balaban J connectivity index is 1.36. The minimum atomic E-state index is -0.474. The number of hydrogen-bond donors (Lipinski definition) is 1. The molecular weight excluding hydrogens is 438 g/mol. The number of H-pyrrole nitrogens is 1. The van der Waals surface area contributed by atoms with Crippen LogP contribution < -0.4 is 4.90 Å². The number of carbonyl (C=O) groups is 1. The lowest BCUT2D eigenvalue weighted by molar-refractivity contribution is 0.0240. The maximum Gasteiger partial charge on any atom is 0.410 e. The number of hydrogen-bond acceptors (Lipinski definition) is 7. The quantitative estimate of drug-likeness (QED) is 0.534. The molecule has 1 aromatic carbocycles. The standard InChI is InChI=1S/C24H31N5O3S/c1-24(2,3)32-23(30)29-11-9-28(10-12-29)19-5-6-20-21(14-19)27-22(26-20)33-16-18-13-17(15-31-4)7-8-25-18/h5-8,13-14H,9-12,15-16H2,1-4H3,(H,26,27). The van der Waals surface area contributed by atoms with Crippen LogP contribution in [0.1, 0.15) is 32.0 Å². The highest BCUT2D eigenvalue weighted by atomic mass is 32.2. The van der Waals surface area contributed by atoms with E-state index < -0.39 is 5.60 Å². The minimum Gasteiger partial charge on any atom is -0.444 e. The van der Waals surface area contributed by atoms with Gasteiger partial charge in [-0.15, -0.1) is 0 Å². The van der Waals surface area contributed by atoms with E-state index in [0.717, 1.165) is 52.0 Å². The van der Waals surface area contributed by atoms with Gasteiger partial charge in [-0.1, -0.05) is 11.8 Å². The van der Waals surface area contributed by atoms with Gasteiger partial charge in [0.2, 0.25) is 0 Å². The van der Waals surface area contributed by atoms with E-state index in [1.54, 1.807) is 23.8 Å². The fraction of sp³-hybridized carbons (Fsp3) is 0.458. The molecule has 0 unspecified atom stereocenters. The third-order valence-corrected chi connectivity index (χ3v) is 6.20. The average molecular weight is 470 g/mol. The fourth-order valence-corrected chi connectivity index (χ4v) is 4.51. The summed E-state index contributed by atoms with van der Waals surface area (Å²) in [6, 6.07) is 10.3. The Kier molecular flexibility index (Phi) is 7.09. The van der Waals surface area contributed by atoms with E-state index in [1.807, 2.05) is 39.1 Å². The summed E-state index contributed by atoms with van der Waals surface area (Å²) in [5.74, 6) is 0.733. The summed E-state index contributed by atoms with van der Waals surface area (Å²) in [4.78, 5) is 29.0. The lowest BCUT2D eigenvalue weighted by atomic mass is 10.2. The highest BCUT2D eigenvalue weighted by Crippen LogP contribution is 2.26. The predicted molar refractivity (Wildman–Crippen MR) is 131 cm³/mol. The predicted octanol–water partition coefficient (Wildman–Crippen LogP) is 4.45. The zero-order valence-electron chi connectivity index (χ0n) is 19.6. The number of benzene rings is 1. The molecule has 0 radical (unpaired) electrons. The largest absolute Gasteiger partial charge is 0.444 e. The monoisotopic (exact) mass is 469 g/mol. The van der Waals surface area contributed by atoms with Gasteiger partial charge in [-0.05, 0) is 56.7 Å². The number of carbonyl (C=O) groups excluding carboxylic acids is 1. The third kappa shape index (κ3) is 6.17. The summed E-state index contributed by atoms with van der Waals surface area (Å²) in [6.07, 6.45) is 1.58. The van der Waals surface area contributed by atoms with Crippen molar-refractivity contribution >= 4 is 34.6 Å². The summed E-state index contributed by atoms with van der Waals surface area (Å²) in [6.45, 7) is 9.08. The van der Waals surface area contributed by atoms with Gasteiger partial charge in [0.1, 0.15) is 5.60 Å². The number of fused-ring (bicyclic) bond motifs is 1. The molecule has 4 rings (SSSR count). The number of imidazole rings is 1. The van der Waals surface area contributed by atoms with E-state index in [-0.39, 0.29) is 6.09 Å². The second kappa shape index (κ2) is 10.0. The summed E-state index contributed by atoms with van der Waals surface area (Å²) in [5, 5.41) is 0.871. The molecule has 0 saturated carbocycles. The summed E-state index contributed by atoms with van der Waals surface area (Å²) in [7, 11) is 1.69. The van der Waals surface area contributed by atoms with Crippen molar-refractivity contribution in [3.05, 3.63) is 47.8 Å². The average Bonchev–Trinajstić information content (AvgIpc) is 3.19. The maximum atomic E-state index is 12.3. The van der Waals surface area contributed by atoms with E-state index in [9.17, 15) is 4.79 Å². The molecule has 0 aliphatic carbocycles. The molecule has 1 amide bonds. The van der Waals surface area contributed by atoms with E-state index in [1.165, 1.54) is 0 Å². The minimum absolute atomic E-state index is 0.241. The van der Waals surface area contributed by atoms with Crippen LogP contribution in [0.15, 0.2) is 41.7 Å². The van der Waals surface area contributed by atoms with Gasteiger partial charge in [-0.25, -0.2) is 9.78 Å². The molecule has 3 heterocycles. The van der Waals surface area contributed by atoms with Crippen LogP contribution in [-0.4, -0.2) is 64.8 Å². The van der Waals surface area contributed by atoms with Crippen LogP contribution in [0.2, 0.25) is 0 Å². The van der Waals surface area contributed by atoms with Crippen LogP contribution in [0.25, 0.3) is 11.0 Å². The molecule has 1 N–H and O–H groups in total. The molecule has 2 aromatic heterocycles. The van der Waals surface area contributed by atoms with E-state index in [2.05, 4.69) is 33.1 Å². The normalized spacial score (nSPS) is 14.7. The molecule has 8 nitrogen and oxygen atoms in total. The van der Waals surface area contributed by atoms with E-state index in [0.29, 0.717) is 19.7 Å². The van der Waals surface area contributed by atoms with Crippen LogP contribution in [0.3, 0.4) is 0 Å². The molecule has 1 aliphatic rings. The molecule has 1 aliphatic heterocycles. The zero-order valence-corrected chi connectivity index (χ0v) is 20.4. The number of anilines is 1. The Morgan fingerprint density at radius 3 is 2.67 bits per heavy atom. The Morgan fingerprint density at radius 1 is 1.15 bits per heavy atom. The van der Waals surface area contributed by atoms with Crippen molar-refractivity contribution in [1.29, 1.82) is 0 Å². The molecule has 176 valence electrons. The lowest BCUT2D eigenvalue weighted by Gasteiger charge is -2.36. The number of rotatable bonds is 6. The Morgan fingerprint density at radius 2 is 1.94 bits per heavy atom. The number of aromatic nitrogens is 3. The number of ether oxygens (including phenoxy) is 2. The zero-order chi connectivity index (χ0) is 23.4. The van der Waals surface area contributed by atoms with Crippen molar-refractivity contribution < 1.29 is 14.3 Å². The second-order valence-corrected chi connectivity index (χ2v) is 10.0. The Labute approximate surface area is 198 Å². The van der Waals surface area contributed by atoms with Crippen molar-refractivity contribution in [2.75, 3.05) is 38.2 Å². The lowest BCUT2D eigenvalue weighted by Crippen LogP contribution is -2.50. The van der Waals surface area contributed by atoms with Crippen LogP contribution in [0, 0.1) is 0 Å². The molecule has 0 spiro atoms. The van der Waals surface area contributed by atoms with Crippen LogP contribution in [0.5, 0.6) is 0 Å². The first-order valence-electron chi connectivity index (χ1n) is 11.1. The number of piperazine rings is 1. The number of methoxy groups -OCH3 is 1. The summed E-state index contributed by atoms with van der Waals surface area (Å²) >= 11 is 1.63. The van der Waals surface area contributed by atoms with Gasteiger partial charge in [0.05, 0.1) is 23.3 Å². The number of thioether (sulfide) groups is 1. The Hall–Kier alpha value is -2.78. The Bertz CT molecular complexity index is 1100. The molecule has 33 heavy (non-hydrogen) atoms. The van der Waals surface area contributed by atoms with Crippen LogP contribution in [-0.2, 0) is 21.8 Å². The maximum absolute atomic E-state index is 12.3. The van der Waals surface area contributed by atoms with Crippen molar-refractivity contribution in [3.63, 3.8) is 0 Å². The van der Waals surface area contributed by atoms with Gasteiger partial charge in [-0.2, -0.15) is 0 Å². The van der Waals surface area contributed by atoms with Gasteiger partial charge in [-0.3, -0.25) is 4.98 Å². The molecular formula is C24H31N5O3S. The van der Waals surface area contributed by atoms with Crippen molar-refractivity contribution in [3.8, 4) is 0 Å². The number of amides is 1. The van der Waals surface area contributed by atoms with Crippen molar-refractivity contribution in [1.82, 2.24) is 19.9 Å². The second-order valence-electron chi connectivity index (χ2n) is 9.07. The number of nitrogens with one attached hydrogen (secondary N) is 1. The van der Waals surface area contributed by atoms with Crippen LogP contribution in [0.4, 0.5) is 10.5 Å². The highest BCUT2D eigenvalue weighted by molar-refractivity contribution is 7.98. The van der Waals surface area contributed by atoms with Gasteiger partial charge in [0, 0.05) is 50.9 Å². The summed E-state index contributed by atoms with van der Waals surface area (Å²) in [5.41, 5.74) is 4.71. The van der Waals surface area contributed by atoms with Gasteiger partial charge in [0.25, 0.3) is 0 Å².